The summed E-state index contributed by atoms with van der Waals surface area (Å²) in [5.41, 5.74) is 1.57. The Balaban J connectivity index is 2.20. The highest BCUT2D eigenvalue weighted by molar-refractivity contribution is 7.88. The first-order valence-corrected chi connectivity index (χ1v) is 12.1. The second kappa shape index (κ2) is 11.7. The van der Waals surface area contributed by atoms with Crippen LogP contribution in [-0.4, -0.2) is 69.5 Å². The number of rotatable bonds is 11. The second-order valence-electron chi connectivity index (χ2n) is 7.59. The zero-order chi connectivity index (χ0) is 24.6. The molecule has 0 spiro atoms. The van der Waals surface area contributed by atoms with E-state index in [9.17, 15) is 18.0 Å². The van der Waals surface area contributed by atoms with Gasteiger partial charge in [-0.3, -0.25) is 9.59 Å². The molecular formula is C23H31N3O6S. The van der Waals surface area contributed by atoms with Crippen molar-refractivity contribution in [2.75, 3.05) is 34.1 Å². The van der Waals surface area contributed by atoms with Gasteiger partial charge < -0.3 is 19.7 Å². The van der Waals surface area contributed by atoms with Crippen molar-refractivity contribution in [1.29, 1.82) is 0 Å². The number of methoxy groups -OCH3 is 2. The fraction of sp³-hybridized carbons (Fsp3) is 0.391. The Kier molecular flexibility index (Phi) is 9.24. The van der Waals surface area contributed by atoms with E-state index in [4.69, 9.17) is 9.47 Å². The molecule has 0 aliphatic rings. The van der Waals surface area contributed by atoms with E-state index in [0.29, 0.717) is 11.5 Å². The summed E-state index contributed by atoms with van der Waals surface area (Å²) in [6.45, 7) is 1.59. The molecule has 0 aliphatic carbocycles. The van der Waals surface area contributed by atoms with Crippen LogP contribution in [0.1, 0.15) is 18.1 Å². The average molecular weight is 478 g/mol. The van der Waals surface area contributed by atoms with Gasteiger partial charge >= 0.3 is 0 Å². The smallest absolute Gasteiger partial charge is 0.242 e. The fourth-order valence-corrected chi connectivity index (χ4v) is 3.43. The minimum absolute atomic E-state index is 0.129. The molecule has 0 saturated heterocycles. The molecule has 2 aromatic carbocycles. The Morgan fingerprint density at radius 3 is 2.24 bits per heavy atom. The number of amides is 2. The van der Waals surface area contributed by atoms with Crippen LogP contribution in [0.5, 0.6) is 11.5 Å². The number of likely N-dealkylation sites (N-methyl/N-ethyl adjacent to an activating group) is 1. The lowest BCUT2D eigenvalue weighted by Gasteiger charge is -2.30. The fourth-order valence-electron chi connectivity index (χ4n) is 3.09. The lowest BCUT2D eigenvalue weighted by atomic mass is 10.1. The number of hydrogen-bond donors (Lipinski definition) is 1. The predicted molar refractivity (Wildman–Crippen MR) is 125 cm³/mol. The van der Waals surface area contributed by atoms with Gasteiger partial charge in [-0.25, -0.2) is 8.42 Å². The Morgan fingerprint density at radius 1 is 1.03 bits per heavy atom. The van der Waals surface area contributed by atoms with E-state index in [0.717, 1.165) is 21.7 Å². The van der Waals surface area contributed by atoms with Crippen molar-refractivity contribution in [3.05, 3.63) is 59.7 Å². The summed E-state index contributed by atoms with van der Waals surface area (Å²) in [5, 5.41) is 2.83. The number of sulfonamides is 1. The van der Waals surface area contributed by atoms with Crippen LogP contribution in [-0.2, 0) is 32.7 Å². The van der Waals surface area contributed by atoms with Crippen molar-refractivity contribution < 1.29 is 27.5 Å². The summed E-state index contributed by atoms with van der Waals surface area (Å²) in [6.07, 6.45) is 1.03. The van der Waals surface area contributed by atoms with Gasteiger partial charge in [0.05, 0.1) is 27.0 Å². The molecule has 0 heterocycles. The van der Waals surface area contributed by atoms with Gasteiger partial charge in [-0.15, -0.1) is 0 Å². The molecule has 0 aromatic heterocycles. The van der Waals surface area contributed by atoms with Crippen molar-refractivity contribution in [1.82, 2.24) is 14.5 Å². The van der Waals surface area contributed by atoms with E-state index in [1.165, 1.54) is 11.9 Å². The lowest BCUT2D eigenvalue weighted by molar-refractivity contribution is -0.140. The van der Waals surface area contributed by atoms with Crippen molar-refractivity contribution in [2.24, 2.45) is 0 Å². The highest BCUT2D eigenvalue weighted by atomic mass is 32.2. The molecule has 0 radical (unpaired) electrons. The van der Waals surface area contributed by atoms with E-state index in [2.05, 4.69) is 5.32 Å². The highest BCUT2D eigenvalue weighted by Gasteiger charge is 2.28. The number of hydrogen-bond acceptors (Lipinski definition) is 6. The molecule has 0 saturated carbocycles. The maximum absolute atomic E-state index is 13.0. The summed E-state index contributed by atoms with van der Waals surface area (Å²) in [5.74, 6) is 0.450. The van der Waals surface area contributed by atoms with Crippen LogP contribution in [0, 0.1) is 0 Å². The summed E-state index contributed by atoms with van der Waals surface area (Å²) in [4.78, 5) is 27.3. The van der Waals surface area contributed by atoms with E-state index in [1.54, 1.807) is 51.5 Å². The van der Waals surface area contributed by atoms with Gasteiger partial charge in [0.2, 0.25) is 21.8 Å². The molecule has 1 N–H and O–H groups in total. The molecule has 2 aromatic rings. The standard InChI is InChI=1S/C23H31N3O6S/c1-17(23(28)24-14-19-8-6-7-9-21(19)32-4)26(22(27)16-25(2)33(5,29)30)15-18-10-12-20(31-3)13-11-18/h6-13,17H,14-16H2,1-5H3,(H,24,28). The van der Waals surface area contributed by atoms with Crippen molar-refractivity contribution in [3.8, 4) is 11.5 Å². The third-order valence-corrected chi connectivity index (χ3v) is 6.51. The number of para-hydroxylation sites is 1. The van der Waals surface area contributed by atoms with E-state index in [-0.39, 0.29) is 25.5 Å². The molecule has 180 valence electrons. The second-order valence-corrected chi connectivity index (χ2v) is 9.68. The van der Waals surface area contributed by atoms with Gasteiger partial charge in [0.25, 0.3) is 0 Å². The molecular weight excluding hydrogens is 446 g/mol. The zero-order valence-corrected chi connectivity index (χ0v) is 20.4. The summed E-state index contributed by atoms with van der Waals surface area (Å²) in [6, 6.07) is 13.6. The maximum atomic E-state index is 13.0. The number of carbonyl (C=O) groups is 2. The average Bonchev–Trinajstić information content (AvgIpc) is 2.80. The number of nitrogens with one attached hydrogen (secondary N) is 1. The van der Waals surface area contributed by atoms with E-state index < -0.39 is 22.0 Å². The zero-order valence-electron chi connectivity index (χ0n) is 19.6. The first-order chi connectivity index (χ1) is 15.6. The van der Waals surface area contributed by atoms with Crippen LogP contribution in [0.15, 0.2) is 48.5 Å². The number of ether oxygens (including phenoxy) is 2. The van der Waals surface area contributed by atoms with Gasteiger partial charge in [0, 0.05) is 25.7 Å². The normalized spacial score (nSPS) is 12.2. The Morgan fingerprint density at radius 2 is 1.67 bits per heavy atom. The van der Waals surface area contributed by atoms with Crippen LogP contribution in [0.3, 0.4) is 0 Å². The molecule has 1 unspecified atom stereocenters. The van der Waals surface area contributed by atoms with Gasteiger partial charge in [-0.2, -0.15) is 4.31 Å². The maximum Gasteiger partial charge on any atom is 0.242 e. The molecule has 10 heteroatoms. The van der Waals surface area contributed by atoms with E-state index >= 15 is 0 Å². The first kappa shape index (κ1) is 26.1. The van der Waals surface area contributed by atoms with Crippen LogP contribution >= 0.6 is 0 Å². The summed E-state index contributed by atoms with van der Waals surface area (Å²) < 4.78 is 35.0. The molecule has 2 rings (SSSR count). The number of carbonyl (C=O) groups excluding carboxylic acids is 2. The molecule has 33 heavy (non-hydrogen) atoms. The molecule has 9 nitrogen and oxygen atoms in total. The van der Waals surface area contributed by atoms with Gasteiger partial charge in [-0.1, -0.05) is 30.3 Å². The topological polar surface area (TPSA) is 105 Å². The molecule has 0 aliphatic heterocycles. The minimum Gasteiger partial charge on any atom is -0.497 e. The number of benzene rings is 2. The molecule has 0 bridgehead atoms. The molecule has 0 fully saturated rings. The van der Waals surface area contributed by atoms with Crippen molar-refractivity contribution >= 4 is 21.8 Å². The van der Waals surface area contributed by atoms with Gasteiger partial charge in [0.1, 0.15) is 17.5 Å². The third-order valence-electron chi connectivity index (χ3n) is 5.25. The Bertz CT molecular complexity index is 1060. The number of nitrogens with zero attached hydrogens (tertiary/aromatic N) is 2. The lowest BCUT2D eigenvalue weighted by Crippen LogP contribution is -2.50. The highest BCUT2D eigenvalue weighted by Crippen LogP contribution is 2.18. The Labute approximate surface area is 195 Å². The minimum atomic E-state index is -3.56. The van der Waals surface area contributed by atoms with Crippen molar-refractivity contribution in [2.45, 2.75) is 26.1 Å². The largest absolute Gasteiger partial charge is 0.497 e. The van der Waals surface area contributed by atoms with Crippen molar-refractivity contribution in [3.63, 3.8) is 0 Å². The summed E-state index contributed by atoms with van der Waals surface area (Å²) in [7, 11) is 0.874. The Hall–Kier alpha value is -3.11. The summed E-state index contributed by atoms with van der Waals surface area (Å²) >= 11 is 0. The monoisotopic (exact) mass is 477 g/mol. The third kappa shape index (κ3) is 7.47. The SMILES string of the molecule is COc1ccc(CN(C(=O)CN(C)S(C)(=O)=O)C(C)C(=O)NCc2ccccc2OC)cc1. The van der Waals surface area contributed by atoms with Crippen LogP contribution in [0.25, 0.3) is 0 Å². The van der Waals surface area contributed by atoms with Crippen LogP contribution in [0.2, 0.25) is 0 Å². The quantitative estimate of drug-likeness (QED) is 0.527. The van der Waals surface area contributed by atoms with Crippen LogP contribution in [0.4, 0.5) is 0 Å². The predicted octanol–water partition coefficient (Wildman–Crippen LogP) is 1.63. The first-order valence-electron chi connectivity index (χ1n) is 10.3. The van der Waals surface area contributed by atoms with Crippen LogP contribution < -0.4 is 14.8 Å². The molecule has 2 amide bonds. The van der Waals surface area contributed by atoms with Gasteiger partial charge in [0.15, 0.2) is 0 Å². The van der Waals surface area contributed by atoms with Gasteiger partial charge in [-0.05, 0) is 30.7 Å². The molecule has 1 atom stereocenters. The van der Waals surface area contributed by atoms with E-state index in [1.807, 2.05) is 18.2 Å².